The molecule has 1 heterocycles. The average molecular weight is 539 g/mol. The topological polar surface area (TPSA) is 92.3 Å². The van der Waals surface area contributed by atoms with E-state index in [0.717, 1.165) is 40.8 Å². The standard InChI is InChI=1S/C31H30N4O3S/c1-19-12-13-24(29(36)33-25-14-15-25)17-26(19)34-31-35-27(23-11-7-10-22(16-23)20(2)38-3)28(39-31)30(37)32-18-21-8-5-4-6-9-21/h4-13,16-17,25H,2,14-15,18H2,1,3H3,(H,32,37)(H,33,36)(H,34,35). The SMILES string of the molecule is C=C(OC)c1cccc(-c2nc(Nc3cc(C(=O)NC4CC4)ccc3C)sc2C(=O)NCc2ccccc2)c1. The number of aryl methyl sites for hydroxylation is 1. The van der Waals surface area contributed by atoms with Crippen LogP contribution in [0.3, 0.4) is 0 Å². The quantitative estimate of drug-likeness (QED) is 0.206. The molecule has 2 amide bonds. The summed E-state index contributed by atoms with van der Waals surface area (Å²) >= 11 is 1.27. The van der Waals surface area contributed by atoms with Crippen LogP contribution in [0.2, 0.25) is 0 Å². The zero-order chi connectivity index (χ0) is 27.4. The first-order valence-electron chi connectivity index (χ1n) is 12.8. The number of nitrogens with one attached hydrogen (secondary N) is 3. The van der Waals surface area contributed by atoms with Crippen LogP contribution < -0.4 is 16.0 Å². The van der Waals surface area contributed by atoms with Gasteiger partial charge in [0.1, 0.15) is 10.6 Å². The number of nitrogens with zero attached hydrogens (tertiary/aromatic N) is 1. The molecule has 0 spiro atoms. The zero-order valence-corrected chi connectivity index (χ0v) is 22.7. The number of hydrogen-bond acceptors (Lipinski definition) is 6. The Bertz CT molecular complexity index is 1530. The van der Waals surface area contributed by atoms with E-state index < -0.39 is 0 Å². The van der Waals surface area contributed by atoms with E-state index in [4.69, 9.17) is 9.72 Å². The van der Waals surface area contributed by atoms with Crippen molar-refractivity contribution >= 4 is 39.7 Å². The first-order chi connectivity index (χ1) is 18.9. The van der Waals surface area contributed by atoms with Crippen LogP contribution in [0.4, 0.5) is 10.8 Å². The van der Waals surface area contributed by atoms with Crippen LogP contribution in [0.1, 0.15) is 49.6 Å². The van der Waals surface area contributed by atoms with Gasteiger partial charge in [0.25, 0.3) is 11.8 Å². The Hall–Kier alpha value is -4.43. The van der Waals surface area contributed by atoms with Crippen LogP contribution in [-0.4, -0.2) is 29.9 Å². The lowest BCUT2D eigenvalue weighted by atomic mass is 10.1. The molecule has 1 fully saturated rings. The van der Waals surface area contributed by atoms with Gasteiger partial charge in [0.2, 0.25) is 0 Å². The largest absolute Gasteiger partial charge is 0.497 e. The molecule has 1 saturated carbocycles. The number of benzene rings is 3. The molecular formula is C31H30N4O3S. The molecule has 0 unspecified atom stereocenters. The monoisotopic (exact) mass is 538 g/mol. The molecule has 1 aromatic heterocycles. The lowest BCUT2D eigenvalue weighted by Crippen LogP contribution is -2.25. The van der Waals surface area contributed by atoms with Crippen LogP contribution in [0.5, 0.6) is 0 Å². The summed E-state index contributed by atoms with van der Waals surface area (Å²) in [6.45, 7) is 6.31. The third-order valence-electron chi connectivity index (χ3n) is 6.49. The predicted molar refractivity (Wildman–Crippen MR) is 156 cm³/mol. The maximum atomic E-state index is 13.4. The molecule has 1 aliphatic rings. The zero-order valence-electron chi connectivity index (χ0n) is 21.9. The van der Waals surface area contributed by atoms with Crippen molar-refractivity contribution in [3.05, 3.63) is 107 Å². The van der Waals surface area contributed by atoms with E-state index in [-0.39, 0.29) is 17.9 Å². The van der Waals surface area contributed by atoms with Crippen LogP contribution in [0, 0.1) is 6.92 Å². The van der Waals surface area contributed by atoms with E-state index >= 15 is 0 Å². The molecule has 8 heteroatoms. The van der Waals surface area contributed by atoms with Crippen molar-refractivity contribution in [2.24, 2.45) is 0 Å². The highest BCUT2D eigenvalue weighted by Crippen LogP contribution is 2.35. The van der Waals surface area contributed by atoms with Gasteiger partial charge in [0.05, 0.1) is 12.8 Å². The number of ether oxygens (including phenoxy) is 1. The minimum atomic E-state index is -0.218. The molecular weight excluding hydrogens is 508 g/mol. The lowest BCUT2D eigenvalue weighted by molar-refractivity contribution is 0.0944. The first kappa shape index (κ1) is 26.2. The number of amides is 2. The van der Waals surface area contributed by atoms with Gasteiger partial charge in [0.15, 0.2) is 5.13 Å². The van der Waals surface area contributed by atoms with Gasteiger partial charge < -0.3 is 20.7 Å². The Balaban J connectivity index is 1.46. The number of hydrogen-bond donors (Lipinski definition) is 3. The molecule has 0 bridgehead atoms. The van der Waals surface area contributed by atoms with Gasteiger partial charge in [-0.25, -0.2) is 4.98 Å². The van der Waals surface area contributed by atoms with Gasteiger partial charge in [-0.2, -0.15) is 0 Å². The predicted octanol–water partition coefficient (Wildman–Crippen LogP) is 6.30. The average Bonchev–Trinajstić information content (AvgIpc) is 3.68. The highest BCUT2D eigenvalue weighted by molar-refractivity contribution is 7.18. The fourth-order valence-corrected chi connectivity index (χ4v) is 4.97. The smallest absolute Gasteiger partial charge is 0.264 e. The fourth-order valence-electron chi connectivity index (χ4n) is 4.05. The Morgan fingerprint density at radius 2 is 1.79 bits per heavy atom. The Morgan fingerprint density at radius 1 is 1.00 bits per heavy atom. The van der Waals surface area contributed by atoms with Gasteiger partial charge >= 0.3 is 0 Å². The van der Waals surface area contributed by atoms with Crippen molar-refractivity contribution in [1.82, 2.24) is 15.6 Å². The van der Waals surface area contributed by atoms with Crippen LogP contribution >= 0.6 is 11.3 Å². The van der Waals surface area contributed by atoms with Crippen molar-refractivity contribution in [1.29, 1.82) is 0 Å². The summed E-state index contributed by atoms with van der Waals surface area (Å²) in [5, 5.41) is 9.95. The number of anilines is 2. The second kappa shape index (κ2) is 11.5. The third kappa shape index (κ3) is 6.35. The van der Waals surface area contributed by atoms with Crippen molar-refractivity contribution < 1.29 is 14.3 Å². The van der Waals surface area contributed by atoms with Gasteiger partial charge in [-0.1, -0.05) is 72.5 Å². The lowest BCUT2D eigenvalue weighted by Gasteiger charge is -2.10. The Morgan fingerprint density at radius 3 is 2.54 bits per heavy atom. The van der Waals surface area contributed by atoms with E-state index in [0.29, 0.717) is 33.6 Å². The molecule has 5 rings (SSSR count). The van der Waals surface area contributed by atoms with Crippen molar-refractivity contribution in [3.8, 4) is 11.3 Å². The van der Waals surface area contributed by atoms with Gasteiger partial charge in [0, 0.05) is 35.0 Å². The minimum absolute atomic E-state index is 0.0865. The number of methoxy groups -OCH3 is 1. The molecule has 1 aliphatic carbocycles. The second-order valence-corrected chi connectivity index (χ2v) is 10.5. The second-order valence-electron chi connectivity index (χ2n) is 9.48. The van der Waals surface area contributed by atoms with Gasteiger partial charge in [-0.05, 0) is 49.1 Å². The van der Waals surface area contributed by atoms with Crippen LogP contribution in [0.25, 0.3) is 17.0 Å². The third-order valence-corrected chi connectivity index (χ3v) is 7.46. The Labute approximate surface area is 232 Å². The highest BCUT2D eigenvalue weighted by Gasteiger charge is 2.24. The summed E-state index contributed by atoms with van der Waals surface area (Å²) in [7, 11) is 1.57. The van der Waals surface area contributed by atoms with Crippen LogP contribution in [-0.2, 0) is 11.3 Å². The number of thiazole rings is 1. The summed E-state index contributed by atoms with van der Waals surface area (Å²) in [6.07, 6.45) is 2.05. The fraction of sp³-hybridized carbons (Fsp3) is 0.194. The molecule has 3 aromatic carbocycles. The summed E-state index contributed by atoms with van der Waals surface area (Å²) in [5.41, 5.74) is 5.44. The normalized spacial score (nSPS) is 12.5. The first-order valence-corrected chi connectivity index (χ1v) is 13.6. The van der Waals surface area contributed by atoms with E-state index in [1.165, 1.54) is 11.3 Å². The molecule has 7 nitrogen and oxygen atoms in total. The number of aromatic nitrogens is 1. The maximum Gasteiger partial charge on any atom is 0.264 e. The summed E-state index contributed by atoms with van der Waals surface area (Å²) in [5.74, 6) is 0.221. The number of carbonyl (C=O) groups is 2. The molecule has 0 aliphatic heterocycles. The minimum Gasteiger partial charge on any atom is -0.497 e. The van der Waals surface area contributed by atoms with Gasteiger partial charge in [-0.15, -0.1) is 0 Å². The molecule has 4 aromatic rings. The molecule has 198 valence electrons. The Kier molecular flexibility index (Phi) is 7.74. The molecule has 0 radical (unpaired) electrons. The number of rotatable bonds is 10. The van der Waals surface area contributed by atoms with E-state index in [1.807, 2.05) is 79.7 Å². The molecule has 0 saturated heterocycles. The molecule has 3 N–H and O–H groups in total. The van der Waals surface area contributed by atoms with E-state index in [1.54, 1.807) is 7.11 Å². The maximum absolute atomic E-state index is 13.4. The van der Waals surface area contributed by atoms with Crippen LogP contribution in [0.15, 0.2) is 79.4 Å². The number of carbonyl (C=O) groups excluding carboxylic acids is 2. The van der Waals surface area contributed by atoms with Crippen molar-refractivity contribution in [3.63, 3.8) is 0 Å². The van der Waals surface area contributed by atoms with Crippen molar-refractivity contribution in [2.45, 2.75) is 32.4 Å². The van der Waals surface area contributed by atoms with E-state index in [9.17, 15) is 9.59 Å². The molecule has 39 heavy (non-hydrogen) atoms. The summed E-state index contributed by atoms with van der Waals surface area (Å²) < 4.78 is 5.31. The van der Waals surface area contributed by atoms with Crippen molar-refractivity contribution in [2.75, 3.05) is 12.4 Å². The highest BCUT2D eigenvalue weighted by atomic mass is 32.1. The van der Waals surface area contributed by atoms with Gasteiger partial charge in [-0.3, -0.25) is 9.59 Å². The molecule has 0 atom stereocenters. The van der Waals surface area contributed by atoms with E-state index in [2.05, 4.69) is 22.5 Å². The summed E-state index contributed by atoms with van der Waals surface area (Å²) in [6, 6.07) is 23.2. The summed E-state index contributed by atoms with van der Waals surface area (Å²) in [4.78, 5) is 31.3.